The maximum absolute atomic E-state index is 10.2. The van der Waals surface area contributed by atoms with Crippen LogP contribution in [-0.2, 0) is 12.8 Å². The number of aliphatic hydroxyl groups is 1. The number of aryl methyl sites for hydroxylation is 2. The Morgan fingerprint density at radius 3 is 2.72 bits per heavy atom. The lowest BCUT2D eigenvalue weighted by Crippen LogP contribution is -2.21. The lowest BCUT2D eigenvalue weighted by Gasteiger charge is -2.20. The van der Waals surface area contributed by atoms with E-state index in [1.54, 1.807) is 11.1 Å². The molecule has 2 heteroatoms. The average Bonchev–Trinajstić information content (AvgIpc) is 2.75. The Morgan fingerprint density at radius 2 is 1.78 bits per heavy atom. The zero-order valence-electron chi connectivity index (χ0n) is 10.9. The Morgan fingerprint density at radius 1 is 0.944 bits per heavy atom. The molecule has 1 nitrogen and oxygen atoms in total. The molecule has 2 unspecified atom stereocenters. The minimum absolute atomic E-state index is 0.106. The largest absolute Gasteiger partial charge is 0.392 e. The Hall–Kier alpha value is -0.470. The van der Waals surface area contributed by atoms with E-state index >= 15 is 0 Å². The molecule has 1 saturated carbocycles. The Labute approximate surface area is 114 Å². The van der Waals surface area contributed by atoms with E-state index in [1.165, 1.54) is 49.8 Å². The maximum Gasteiger partial charge on any atom is 0.0662 e. The van der Waals surface area contributed by atoms with E-state index < -0.39 is 0 Å². The number of hydrogen-bond acceptors (Lipinski definition) is 2. The molecular weight excluding hydrogens is 240 g/mol. The van der Waals surface area contributed by atoms with Crippen molar-refractivity contribution in [3.63, 3.8) is 0 Å². The molecular formula is C16H22OS. The van der Waals surface area contributed by atoms with Crippen LogP contribution in [-0.4, -0.2) is 16.5 Å². The van der Waals surface area contributed by atoms with Crippen molar-refractivity contribution in [1.29, 1.82) is 0 Å². The summed E-state index contributed by atoms with van der Waals surface area (Å²) in [5.74, 6) is 0. The van der Waals surface area contributed by atoms with E-state index in [9.17, 15) is 5.11 Å². The van der Waals surface area contributed by atoms with Gasteiger partial charge in [-0.25, -0.2) is 0 Å². The van der Waals surface area contributed by atoms with Crippen molar-refractivity contribution >= 4 is 11.8 Å². The second-order valence-corrected chi connectivity index (χ2v) is 6.96. The molecule has 98 valence electrons. The summed E-state index contributed by atoms with van der Waals surface area (Å²) in [5.41, 5.74) is 3.09. The summed E-state index contributed by atoms with van der Waals surface area (Å²) < 4.78 is 0. The fourth-order valence-corrected chi connectivity index (χ4v) is 4.47. The highest BCUT2D eigenvalue weighted by molar-refractivity contribution is 8.00. The number of aliphatic hydroxyl groups excluding tert-OH is 1. The summed E-state index contributed by atoms with van der Waals surface area (Å²) in [7, 11) is 0. The van der Waals surface area contributed by atoms with Crippen LogP contribution in [0.15, 0.2) is 23.1 Å². The molecule has 0 aromatic heterocycles. The second-order valence-electron chi connectivity index (χ2n) is 5.65. The Bertz CT molecular complexity index is 416. The van der Waals surface area contributed by atoms with Crippen molar-refractivity contribution in [2.24, 2.45) is 0 Å². The molecule has 2 aliphatic rings. The summed E-state index contributed by atoms with van der Waals surface area (Å²) in [6.45, 7) is 0. The van der Waals surface area contributed by atoms with Gasteiger partial charge in [0.1, 0.15) is 0 Å². The van der Waals surface area contributed by atoms with Gasteiger partial charge in [-0.1, -0.05) is 25.3 Å². The summed E-state index contributed by atoms with van der Waals surface area (Å²) in [5, 5.41) is 10.6. The molecule has 0 bridgehead atoms. The third-order valence-corrected chi connectivity index (χ3v) is 5.65. The van der Waals surface area contributed by atoms with Crippen LogP contribution in [0.3, 0.4) is 0 Å². The average molecular weight is 262 g/mol. The van der Waals surface area contributed by atoms with Gasteiger partial charge in [0.2, 0.25) is 0 Å². The van der Waals surface area contributed by atoms with Crippen molar-refractivity contribution < 1.29 is 5.11 Å². The third kappa shape index (κ3) is 2.75. The quantitative estimate of drug-likeness (QED) is 0.814. The van der Waals surface area contributed by atoms with Crippen LogP contribution >= 0.6 is 11.8 Å². The number of hydrogen-bond donors (Lipinski definition) is 1. The zero-order chi connectivity index (χ0) is 12.4. The number of fused-ring (bicyclic) bond motifs is 1. The molecule has 0 spiro atoms. The highest BCUT2D eigenvalue weighted by atomic mass is 32.2. The lowest BCUT2D eigenvalue weighted by atomic mass is 10.1. The van der Waals surface area contributed by atoms with Crippen LogP contribution in [0.25, 0.3) is 0 Å². The monoisotopic (exact) mass is 262 g/mol. The Balaban J connectivity index is 1.71. The Kier molecular flexibility index (Phi) is 3.95. The van der Waals surface area contributed by atoms with Gasteiger partial charge in [0.15, 0.2) is 0 Å². The van der Waals surface area contributed by atoms with Crippen molar-refractivity contribution in [2.45, 2.75) is 67.6 Å². The van der Waals surface area contributed by atoms with Crippen LogP contribution in [0.2, 0.25) is 0 Å². The molecule has 1 N–H and O–H groups in total. The van der Waals surface area contributed by atoms with Gasteiger partial charge < -0.3 is 5.11 Å². The molecule has 18 heavy (non-hydrogen) atoms. The fraction of sp³-hybridized carbons (Fsp3) is 0.625. The highest BCUT2D eigenvalue weighted by Gasteiger charge is 2.23. The molecule has 1 fully saturated rings. The normalized spacial score (nSPS) is 27.8. The first-order chi connectivity index (χ1) is 8.83. The minimum Gasteiger partial charge on any atom is -0.392 e. The first-order valence-corrected chi connectivity index (χ1v) is 8.17. The molecule has 0 heterocycles. The lowest BCUT2D eigenvalue weighted by molar-refractivity contribution is 0.163. The van der Waals surface area contributed by atoms with Gasteiger partial charge in [-0.15, -0.1) is 11.8 Å². The molecule has 1 aromatic rings. The maximum atomic E-state index is 10.2. The van der Waals surface area contributed by atoms with Gasteiger partial charge in [-0.3, -0.25) is 0 Å². The summed E-state index contributed by atoms with van der Waals surface area (Å²) >= 11 is 1.90. The topological polar surface area (TPSA) is 20.2 Å². The predicted octanol–water partition coefficient (Wildman–Crippen LogP) is 3.96. The smallest absolute Gasteiger partial charge is 0.0662 e. The van der Waals surface area contributed by atoms with Gasteiger partial charge in [0.05, 0.1) is 6.10 Å². The van der Waals surface area contributed by atoms with Crippen LogP contribution < -0.4 is 0 Å². The van der Waals surface area contributed by atoms with Crippen LogP contribution in [0.4, 0.5) is 0 Å². The van der Waals surface area contributed by atoms with Crippen molar-refractivity contribution in [1.82, 2.24) is 0 Å². The molecule has 0 amide bonds. The molecule has 0 radical (unpaired) electrons. The zero-order valence-corrected chi connectivity index (χ0v) is 11.7. The number of thioether (sulfide) groups is 1. The molecule has 3 rings (SSSR count). The highest BCUT2D eigenvalue weighted by Crippen LogP contribution is 2.35. The predicted molar refractivity (Wildman–Crippen MR) is 77.2 cm³/mol. The van der Waals surface area contributed by atoms with E-state index in [0.717, 1.165) is 6.42 Å². The van der Waals surface area contributed by atoms with E-state index in [0.29, 0.717) is 5.25 Å². The molecule has 2 atom stereocenters. The standard InChI is InChI=1S/C16H22OS/c17-15-7-2-1-3-8-16(15)18-14-10-9-12-5-4-6-13(12)11-14/h9-11,15-17H,1-8H2. The first kappa shape index (κ1) is 12.6. The fourth-order valence-electron chi connectivity index (χ4n) is 3.19. The van der Waals surface area contributed by atoms with E-state index in [2.05, 4.69) is 18.2 Å². The molecule has 0 saturated heterocycles. The minimum atomic E-state index is -0.106. The van der Waals surface area contributed by atoms with Crippen LogP contribution in [0.5, 0.6) is 0 Å². The van der Waals surface area contributed by atoms with Gasteiger partial charge in [0.25, 0.3) is 0 Å². The van der Waals surface area contributed by atoms with Gasteiger partial charge in [-0.05, 0) is 55.4 Å². The summed E-state index contributed by atoms with van der Waals surface area (Å²) in [6.07, 6.45) is 9.64. The van der Waals surface area contributed by atoms with E-state index in [1.807, 2.05) is 11.8 Å². The van der Waals surface area contributed by atoms with E-state index in [-0.39, 0.29) is 6.10 Å². The van der Waals surface area contributed by atoms with Gasteiger partial charge >= 0.3 is 0 Å². The van der Waals surface area contributed by atoms with Gasteiger partial charge in [-0.2, -0.15) is 0 Å². The van der Waals surface area contributed by atoms with Crippen molar-refractivity contribution in [2.75, 3.05) is 0 Å². The van der Waals surface area contributed by atoms with Gasteiger partial charge in [0, 0.05) is 10.1 Å². The summed E-state index contributed by atoms with van der Waals surface area (Å²) in [6, 6.07) is 6.92. The molecule has 1 aromatic carbocycles. The SMILES string of the molecule is OC1CCCCCC1Sc1ccc2c(c1)CCC2. The number of rotatable bonds is 2. The molecule has 0 aliphatic heterocycles. The first-order valence-electron chi connectivity index (χ1n) is 7.29. The third-order valence-electron chi connectivity index (χ3n) is 4.28. The van der Waals surface area contributed by atoms with E-state index in [4.69, 9.17) is 0 Å². The summed E-state index contributed by atoms with van der Waals surface area (Å²) in [4.78, 5) is 1.36. The van der Waals surface area contributed by atoms with Crippen LogP contribution in [0, 0.1) is 0 Å². The number of benzene rings is 1. The van der Waals surface area contributed by atoms with Crippen molar-refractivity contribution in [3.8, 4) is 0 Å². The van der Waals surface area contributed by atoms with Crippen molar-refractivity contribution in [3.05, 3.63) is 29.3 Å². The molecule has 2 aliphatic carbocycles. The van der Waals surface area contributed by atoms with Crippen LogP contribution in [0.1, 0.15) is 49.7 Å². The second kappa shape index (κ2) is 5.66.